The molecule has 0 atom stereocenters. The van der Waals surface area contributed by atoms with Crippen molar-refractivity contribution in [2.45, 2.75) is 12.8 Å². The molecule has 0 saturated heterocycles. The van der Waals surface area contributed by atoms with Crippen LogP contribution in [0, 0.1) is 0 Å². The maximum atomic E-state index is 12.5. The molecule has 4 rings (SSSR count). The molecule has 4 aromatic rings. The molecule has 0 aliphatic rings. The fourth-order valence-electron chi connectivity index (χ4n) is 2.79. The van der Waals surface area contributed by atoms with Gasteiger partial charge in [0.1, 0.15) is 12.2 Å². The van der Waals surface area contributed by atoms with Crippen molar-refractivity contribution in [1.29, 1.82) is 0 Å². The van der Waals surface area contributed by atoms with Gasteiger partial charge in [0.2, 0.25) is 0 Å². The van der Waals surface area contributed by atoms with Crippen molar-refractivity contribution in [3.63, 3.8) is 0 Å². The number of para-hydroxylation sites is 2. The molecule has 0 aliphatic heterocycles. The molecule has 1 amide bonds. The summed E-state index contributed by atoms with van der Waals surface area (Å²) in [6, 6.07) is 13.0. The minimum atomic E-state index is -0.237. The van der Waals surface area contributed by atoms with Crippen LogP contribution in [0.4, 0.5) is 0 Å². The average Bonchev–Trinajstić information content (AvgIpc) is 3.35. The number of hydrogen-bond acceptors (Lipinski definition) is 5. The number of aromatic amines is 1. The highest BCUT2D eigenvalue weighted by atomic mass is 35.5. The molecule has 2 aromatic carbocycles. The fourth-order valence-corrected chi connectivity index (χ4v) is 2.99. The van der Waals surface area contributed by atoms with Gasteiger partial charge in [-0.25, -0.2) is 9.67 Å². The summed E-state index contributed by atoms with van der Waals surface area (Å²) >= 11 is 6.17. The summed E-state index contributed by atoms with van der Waals surface area (Å²) in [6.45, 7) is 0.515. The summed E-state index contributed by atoms with van der Waals surface area (Å²) in [5, 5.41) is 14.3. The second kappa shape index (κ2) is 7.55. The zero-order valence-corrected chi connectivity index (χ0v) is 15.0. The van der Waals surface area contributed by atoms with E-state index in [2.05, 4.69) is 30.8 Å². The molecule has 0 aliphatic carbocycles. The van der Waals surface area contributed by atoms with Crippen molar-refractivity contribution in [3.05, 3.63) is 65.2 Å². The summed E-state index contributed by atoms with van der Waals surface area (Å²) < 4.78 is 1.47. The predicted octanol–water partition coefficient (Wildman–Crippen LogP) is 2.55. The van der Waals surface area contributed by atoms with E-state index >= 15 is 0 Å². The lowest BCUT2D eigenvalue weighted by Crippen LogP contribution is -2.25. The minimum absolute atomic E-state index is 0.237. The molecular weight excluding hydrogens is 366 g/mol. The molecular formula is C18H16ClN7O. The van der Waals surface area contributed by atoms with E-state index < -0.39 is 0 Å². The summed E-state index contributed by atoms with van der Waals surface area (Å²) in [5.41, 5.74) is 3.01. The Morgan fingerprint density at radius 3 is 2.93 bits per heavy atom. The highest BCUT2D eigenvalue weighted by Gasteiger charge is 2.12. The standard InChI is InChI=1S/C18H16ClN7O/c19-14-8-7-12(26-11-21-24-25-26)10-13(14)18(27)20-9-3-6-17-22-15-4-1-2-5-16(15)23-17/h1-2,4-5,7-8,10-11H,3,6,9H2,(H,20,27)(H,22,23). The van der Waals surface area contributed by atoms with Gasteiger partial charge in [-0.3, -0.25) is 4.79 Å². The Hall–Kier alpha value is -3.26. The van der Waals surface area contributed by atoms with Crippen molar-refractivity contribution < 1.29 is 4.79 Å². The second-order valence-corrected chi connectivity index (χ2v) is 6.39. The Bertz CT molecular complexity index is 1040. The summed E-state index contributed by atoms with van der Waals surface area (Å²) in [7, 11) is 0. The van der Waals surface area contributed by atoms with Gasteiger partial charge in [-0.1, -0.05) is 23.7 Å². The van der Waals surface area contributed by atoms with E-state index in [1.165, 1.54) is 11.0 Å². The highest BCUT2D eigenvalue weighted by molar-refractivity contribution is 6.33. The largest absolute Gasteiger partial charge is 0.352 e. The van der Waals surface area contributed by atoms with Crippen LogP contribution in [0.1, 0.15) is 22.6 Å². The quantitative estimate of drug-likeness (QED) is 0.500. The fraction of sp³-hybridized carbons (Fsp3) is 0.167. The second-order valence-electron chi connectivity index (χ2n) is 5.98. The van der Waals surface area contributed by atoms with Gasteiger partial charge in [0.15, 0.2) is 0 Å². The number of benzene rings is 2. The number of aromatic nitrogens is 6. The molecule has 8 nitrogen and oxygen atoms in total. The maximum Gasteiger partial charge on any atom is 0.252 e. The first-order valence-electron chi connectivity index (χ1n) is 8.45. The molecule has 2 aromatic heterocycles. The van der Waals surface area contributed by atoms with Crippen LogP contribution in [0.3, 0.4) is 0 Å². The molecule has 2 heterocycles. The first-order chi connectivity index (χ1) is 13.2. The molecule has 136 valence electrons. The number of halogens is 1. The van der Waals surface area contributed by atoms with Gasteiger partial charge < -0.3 is 10.3 Å². The van der Waals surface area contributed by atoms with Gasteiger partial charge in [0.25, 0.3) is 5.91 Å². The Labute approximate surface area is 159 Å². The molecule has 9 heteroatoms. The number of nitrogens with zero attached hydrogens (tertiary/aromatic N) is 5. The van der Waals surface area contributed by atoms with Crippen LogP contribution >= 0.6 is 11.6 Å². The topological polar surface area (TPSA) is 101 Å². The van der Waals surface area contributed by atoms with Crippen molar-refractivity contribution >= 4 is 28.5 Å². The highest BCUT2D eigenvalue weighted by Crippen LogP contribution is 2.19. The molecule has 0 radical (unpaired) electrons. The number of aryl methyl sites for hydroxylation is 1. The normalized spacial score (nSPS) is 11.0. The summed E-state index contributed by atoms with van der Waals surface area (Å²) in [4.78, 5) is 20.3. The zero-order valence-electron chi connectivity index (χ0n) is 14.3. The molecule has 0 spiro atoms. The van der Waals surface area contributed by atoms with Crippen molar-refractivity contribution in [2.24, 2.45) is 0 Å². The van der Waals surface area contributed by atoms with E-state index in [1.807, 2.05) is 24.3 Å². The SMILES string of the molecule is O=C(NCCCc1nc2ccccc2[nH]1)c1cc(-n2cnnn2)ccc1Cl. The van der Waals surface area contributed by atoms with E-state index in [4.69, 9.17) is 11.6 Å². The molecule has 27 heavy (non-hydrogen) atoms. The molecule has 0 fully saturated rings. The summed E-state index contributed by atoms with van der Waals surface area (Å²) in [6.07, 6.45) is 2.96. The Kier molecular flexibility index (Phi) is 4.80. The van der Waals surface area contributed by atoms with Gasteiger partial charge >= 0.3 is 0 Å². The lowest BCUT2D eigenvalue weighted by Gasteiger charge is -2.08. The predicted molar refractivity (Wildman–Crippen MR) is 101 cm³/mol. The van der Waals surface area contributed by atoms with Crippen LogP contribution in [0.5, 0.6) is 0 Å². The number of fused-ring (bicyclic) bond motifs is 1. The average molecular weight is 382 g/mol. The molecule has 0 bridgehead atoms. The lowest BCUT2D eigenvalue weighted by molar-refractivity contribution is 0.0953. The van der Waals surface area contributed by atoms with E-state index in [-0.39, 0.29) is 5.91 Å². The first-order valence-corrected chi connectivity index (χ1v) is 8.83. The Morgan fingerprint density at radius 1 is 1.22 bits per heavy atom. The van der Waals surface area contributed by atoms with Crippen LogP contribution in [0.25, 0.3) is 16.7 Å². The molecule has 0 unspecified atom stereocenters. The van der Waals surface area contributed by atoms with Gasteiger partial charge in [-0.2, -0.15) is 0 Å². The van der Waals surface area contributed by atoms with Crippen LogP contribution in [-0.4, -0.2) is 42.6 Å². The minimum Gasteiger partial charge on any atom is -0.352 e. The lowest BCUT2D eigenvalue weighted by atomic mass is 10.2. The number of nitrogens with one attached hydrogen (secondary N) is 2. The third kappa shape index (κ3) is 3.80. The third-order valence-corrected chi connectivity index (χ3v) is 4.45. The van der Waals surface area contributed by atoms with Crippen LogP contribution < -0.4 is 5.32 Å². The monoisotopic (exact) mass is 381 g/mol. The number of H-pyrrole nitrogens is 1. The Balaban J connectivity index is 1.36. The maximum absolute atomic E-state index is 12.5. The van der Waals surface area contributed by atoms with Crippen molar-refractivity contribution in [3.8, 4) is 5.69 Å². The molecule has 0 saturated carbocycles. The van der Waals surface area contributed by atoms with Crippen molar-refractivity contribution in [2.75, 3.05) is 6.54 Å². The first kappa shape index (κ1) is 17.2. The summed E-state index contributed by atoms with van der Waals surface area (Å²) in [5.74, 6) is 0.670. The van der Waals surface area contributed by atoms with Gasteiger partial charge in [0, 0.05) is 13.0 Å². The van der Waals surface area contributed by atoms with Crippen molar-refractivity contribution in [1.82, 2.24) is 35.5 Å². The third-order valence-electron chi connectivity index (χ3n) is 4.12. The zero-order chi connectivity index (χ0) is 18.6. The van der Waals surface area contributed by atoms with E-state index in [1.54, 1.807) is 18.2 Å². The Morgan fingerprint density at radius 2 is 2.11 bits per heavy atom. The van der Waals surface area contributed by atoms with Gasteiger partial charge in [-0.05, 0) is 47.2 Å². The van der Waals surface area contributed by atoms with Gasteiger partial charge in [0.05, 0.1) is 27.3 Å². The number of tetrazole rings is 1. The van der Waals surface area contributed by atoms with Crippen LogP contribution in [-0.2, 0) is 6.42 Å². The number of rotatable bonds is 6. The van der Waals surface area contributed by atoms with Crippen LogP contribution in [0.2, 0.25) is 5.02 Å². The van der Waals surface area contributed by atoms with E-state index in [0.717, 1.165) is 29.7 Å². The number of carbonyl (C=O) groups excluding carboxylic acids is 1. The number of carbonyl (C=O) groups is 1. The number of amides is 1. The molecule has 2 N–H and O–H groups in total. The van der Waals surface area contributed by atoms with E-state index in [0.29, 0.717) is 22.8 Å². The van der Waals surface area contributed by atoms with E-state index in [9.17, 15) is 4.79 Å². The van der Waals surface area contributed by atoms with Crippen LogP contribution in [0.15, 0.2) is 48.8 Å². The number of imidazole rings is 1. The smallest absolute Gasteiger partial charge is 0.252 e. The number of hydrogen-bond donors (Lipinski definition) is 2. The van der Waals surface area contributed by atoms with Gasteiger partial charge in [-0.15, -0.1) is 5.10 Å².